The molecule has 0 bridgehead atoms. The van der Waals surface area contributed by atoms with Gasteiger partial charge in [0.1, 0.15) is 11.0 Å². The molecule has 1 atom stereocenters. The van der Waals surface area contributed by atoms with Gasteiger partial charge in [-0.05, 0) is 30.5 Å². The minimum Gasteiger partial charge on any atom is -0.470 e. The van der Waals surface area contributed by atoms with E-state index in [1.165, 1.54) is 17.1 Å². The average Bonchev–Trinajstić information content (AvgIpc) is 3.33. The highest BCUT2D eigenvalue weighted by atomic mass is 32.2. The Bertz CT molecular complexity index is 1610. The van der Waals surface area contributed by atoms with Crippen LogP contribution in [-0.2, 0) is 21.9 Å². The van der Waals surface area contributed by atoms with Gasteiger partial charge >= 0.3 is 0 Å². The van der Waals surface area contributed by atoms with Crippen LogP contribution in [0.4, 0.5) is 5.95 Å². The molecule has 1 amide bonds. The van der Waals surface area contributed by atoms with Crippen molar-refractivity contribution < 1.29 is 23.1 Å². The molecule has 12 heteroatoms. The lowest BCUT2D eigenvalue weighted by Crippen LogP contribution is -2.56. The molecule has 0 aliphatic carbocycles. The van der Waals surface area contributed by atoms with Crippen molar-refractivity contribution in [1.82, 2.24) is 24.6 Å². The van der Waals surface area contributed by atoms with Gasteiger partial charge in [-0.25, -0.2) is 18.1 Å². The molecule has 2 N–H and O–H groups in total. The summed E-state index contributed by atoms with van der Waals surface area (Å²) in [5.41, 5.74) is 3.95. The number of nitrogens with one attached hydrogen (secondary N) is 1. The van der Waals surface area contributed by atoms with Crippen molar-refractivity contribution in [2.24, 2.45) is 7.05 Å². The summed E-state index contributed by atoms with van der Waals surface area (Å²) < 4.78 is 35.8. The molecule has 11 nitrogen and oxygen atoms in total. The van der Waals surface area contributed by atoms with Crippen LogP contribution in [0.3, 0.4) is 0 Å². The van der Waals surface area contributed by atoms with Crippen molar-refractivity contribution in [1.29, 1.82) is 0 Å². The third-order valence-electron chi connectivity index (χ3n) is 6.70. The number of aromatic nitrogens is 4. The van der Waals surface area contributed by atoms with Gasteiger partial charge in [-0.3, -0.25) is 9.48 Å². The fourth-order valence-corrected chi connectivity index (χ4v) is 5.50. The molecule has 0 saturated carbocycles. The smallest absolute Gasteiger partial charge is 0.267 e. The fraction of sp³-hybridized carbons (Fsp3) is 0.286. The van der Waals surface area contributed by atoms with Gasteiger partial charge in [0.25, 0.3) is 10.0 Å². The van der Waals surface area contributed by atoms with E-state index in [-0.39, 0.29) is 35.2 Å². The summed E-state index contributed by atoms with van der Waals surface area (Å²) in [6.45, 7) is 4.53. The SMILES string of the molecule is Cc1cccc(C)c1-c1cc(OC2CN(C(=O)C[C@H](O)c3ccccc3)C2)nc(NS(=O)(=O)c2cnn(C)c2)n1. The lowest BCUT2D eigenvalue weighted by Gasteiger charge is -2.39. The molecule has 3 heterocycles. The number of anilines is 1. The average molecular weight is 563 g/mol. The Morgan fingerprint density at radius 2 is 1.80 bits per heavy atom. The fourth-order valence-electron chi connectivity index (χ4n) is 4.57. The van der Waals surface area contributed by atoms with Crippen LogP contribution in [0.5, 0.6) is 5.88 Å². The maximum atomic E-state index is 13.0. The number of rotatable bonds is 9. The summed E-state index contributed by atoms with van der Waals surface area (Å²) in [6.07, 6.45) is 1.36. The third-order valence-corrected chi connectivity index (χ3v) is 7.98. The molecule has 0 spiro atoms. The highest BCUT2D eigenvalue weighted by molar-refractivity contribution is 7.92. The van der Waals surface area contributed by atoms with Gasteiger partial charge < -0.3 is 14.7 Å². The zero-order chi connectivity index (χ0) is 28.4. The Kier molecular flexibility index (Phi) is 7.55. The second-order valence-corrected chi connectivity index (χ2v) is 11.5. The summed E-state index contributed by atoms with van der Waals surface area (Å²) in [6, 6.07) is 16.5. The van der Waals surface area contributed by atoms with Crippen molar-refractivity contribution in [2.75, 3.05) is 17.8 Å². The van der Waals surface area contributed by atoms with Crippen LogP contribution in [0.2, 0.25) is 0 Å². The van der Waals surface area contributed by atoms with Gasteiger partial charge in [0, 0.05) is 24.9 Å². The Labute approximate surface area is 232 Å². The number of ether oxygens (including phenoxy) is 1. The number of amides is 1. The van der Waals surface area contributed by atoms with Crippen molar-refractivity contribution in [3.63, 3.8) is 0 Å². The first kappa shape index (κ1) is 27.3. The number of carbonyl (C=O) groups is 1. The molecule has 2 aromatic carbocycles. The number of aliphatic hydroxyl groups is 1. The molecular formula is C28H30N6O5S. The predicted octanol–water partition coefficient (Wildman–Crippen LogP) is 3.01. The van der Waals surface area contributed by atoms with Crippen molar-refractivity contribution in [2.45, 2.75) is 37.4 Å². The van der Waals surface area contributed by atoms with E-state index in [1.807, 2.05) is 50.2 Å². The zero-order valence-corrected chi connectivity index (χ0v) is 23.2. The maximum absolute atomic E-state index is 13.0. The van der Waals surface area contributed by atoms with Gasteiger partial charge in [0.15, 0.2) is 0 Å². The minimum atomic E-state index is -3.99. The first-order valence-electron chi connectivity index (χ1n) is 12.7. The molecule has 2 aromatic heterocycles. The van der Waals surface area contributed by atoms with Crippen LogP contribution in [0, 0.1) is 13.8 Å². The predicted molar refractivity (Wildman–Crippen MR) is 148 cm³/mol. The summed E-state index contributed by atoms with van der Waals surface area (Å²) >= 11 is 0. The van der Waals surface area contributed by atoms with Crippen LogP contribution >= 0.6 is 0 Å². The Morgan fingerprint density at radius 3 is 2.45 bits per heavy atom. The first-order chi connectivity index (χ1) is 19.1. The van der Waals surface area contributed by atoms with E-state index in [0.29, 0.717) is 24.3 Å². The lowest BCUT2D eigenvalue weighted by atomic mass is 10.00. The molecule has 1 aliphatic rings. The highest BCUT2D eigenvalue weighted by Gasteiger charge is 2.34. The molecule has 208 valence electrons. The van der Waals surface area contributed by atoms with Gasteiger partial charge in [-0.1, -0.05) is 48.5 Å². The van der Waals surface area contributed by atoms with E-state index in [0.717, 1.165) is 16.7 Å². The number of aliphatic hydroxyl groups excluding tert-OH is 1. The zero-order valence-electron chi connectivity index (χ0n) is 22.4. The summed E-state index contributed by atoms with van der Waals surface area (Å²) in [5, 5.41) is 14.3. The van der Waals surface area contributed by atoms with E-state index in [4.69, 9.17) is 4.74 Å². The standard InChI is InChI=1S/C28H30N6O5S/c1-18-8-7-9-19(2)27(18)23-12-25(31-28(30-23)32-40(37,38)22-14-29-33(3)17-22)39-21-15-34(16-21)26(36)13-24(35)20-10-5-4-6-11-20/h4-12,14,17,21,24,35H,13,15-16H2,1-3H3,(H,30,31,32)/t24-/m0/s1. The molecule has 5 rings (SSSR count). The number of hydrogen-bond acceptors (Lipinski definition) is 8. The molecule has 1 saturated heterocycles. The molecule has 1 fully saturated rings. The Morgan fingerprint density at radius 1 is 1.10 bits per heavy atom. The molecule has 1 aliphatic heterocycles. The second kappa shape index (κ2) is 11.1. The number of carbonyl (C=O) groups excluding carboxylic acids is 1. The number of nitrogens with zero attached hydrogens (tertiary/aromatic N) is 5. The van der Waals surface area contributed by atoms with E-state index < -0.39 is 16.1 Å². The number of likely N-dealkylation sites (tertiary alicyclic amines) is 1. The van der Waals surface area contributed by atoms with E-state index >= 15 is 0 Å². The maximum Gasteiger partial charge on any atom is 0.267 e. The van der Waals surface area contributed by atoms with E-state index in [1.54, 1.807) is 30.1 Å². The van der Waals surface area contributed by atoms with Gasteiger partial charge in [0.2, 0.25) is 17.7 Å². The van der Waals surface area contributed by atoms with Crippen LogP contribution in [-0.4, -0.2) is 63.3 Å². The Balaban J connectivity index is 1.33. The van der Waals surface area contributed by atoms with Crippen molar-refractivity contribution >= 4 is 21.9 Å². The van der Waals surface area contributed by atoms with Crippen LogP contribution in [0.15, 0.2) is 71.9 Å². The summed E-state index contributed by atoms with van der Waals surface area (Å²) in [4.78, 5) is 23.1. The minimum absolute atomic E-state index is 0.0237. The van der Waals surface area contributed by atoms with Gasteiger partial charge in [-0.2, -0.15) is 10.1 Å². The number of benzene rings is 2. The normalized spacial score (nSPS) is 14.4. The number of aryl methyl sites for hydroxylation is 3. The van der Waals surface area contributed by atoms with Crippen molar-refractivity contribution in [3.8, 4) is 17.1 Å². The van der Waals surface area contributed by atoms with Crippen molar-refractivity contribution in [3.05, 3.63) is 83.7 Å². The topological polar surface area (TPSA) is 140 Å². The van der Waals surface area contributed by atoms with Gasteiger partial charge in [0.05, 0.1) is 37.5 Å². The van der Waals surface area contributed by atoms with Crippen LogP contribution in [0.25, 0.3) is 11.3 Å². The number of sulfonamides is 1. The molecule has 4 aromatic rings. The first-order valence-corrected chi connectivity index (χ1v) is 14.2. The monoisotopic (exact) mass is 562 g/mol. The summed E-state index contributed by atoms with van der Waals surface area (Å²) in [7, 11) is -2.37. The summed E-state index contributed by atoms with van der Waals surface area (Å²) in [5.74, 6) is -0.143. The Hall–Kier alpha value is -4.29. The van der Waals surface area contributed by atoms with Crippen LogP contribution < -0.4 is 9.46 Å². The third kappa shape index (κ3) is 5.97. The van der Waals surface area contributed by atoms with Crippen LogP contribution in [0.1, 0.15) is 29.2 Å². The largest absolute Gasteiger partial charge is 0.470 e. The van der Waals surface area contributed by atoms with E-state index in [2.05, 4.69) is 19.8 Å². The number of hydrogen-bond donors (Lipinski definition) is 2. The molecule has 0 radical (unpaired) electrons. The van der Waals surface area contributed by atoms with Gasteiger partial charge in [-0.15, -0.1) is 0 Å². The second-order valence-electron chi connectivity index (χ2n) is 9.81. The quantitative estimate of drug-likeness (QED) is 0.317. The highest BCUT2D eigenvalue weighted by Crippen LogP contribution is 2.30. The van der Waals surface area contributed by atoms with E-state index in [9.17, 15) is 18.3 Å². The lowest BCUT2D eigenvalue weighted by molar-refractivity contribution is -0.142. The molecule has 40 heavy (non-hydrogen) atoms. The molecule has 0 unspecified atom stereocenters. The molecular weight excluding hydrogens is 532 g/mol.